The SMILES string of the molecule is CC(=O)Oc1cccc(C(=O)NCc2cccc(NC(=O)C3CC(=O)N(C(C)c4ccccc4)C3)c2)c1. The predicted octanol–water partition coefficient (Wildman–Crippen LogP) is 4.09. The summed E-state index contributed by atoms with van der Waals surface area (Å²) in [4.78, 5) is 51.0. The highest BCUT2D eigenvalue weighted by atomic mass is 16.5. The second kappa shape index (κ2) is 11.5. The van der Waals surface area contributed by atoms with E-state index in [9.17, 15) is 19.2 Å². The molecule has 4 rings (SSSR count). The zero-order chi connectivity index (χ0) is 26.4. The Bertz CT molecular complexity index is 1310. The molecule has 37 heavy (non-hydrogen) atoms. The Morgan fingerprint density at radius 1 is 1.00 bits per heavy atom. The second-order valence-electron chi connectivity index (χ2n) is 9.03. The molecule has 0 spiro atoms. The highest BCUT2D eigenvalue weighted by Gasteiger charge is 2.37. The number of nitrogens with one attached hydrogen (secondary N) is 2. The Kier molecular flexibility index (Phi) is 7.98. The normalized spacial score (nSPS) is 15.7. The zero-order valence-electron chi connectivity index (χ0n) is 20.8. The van der Waals surface area contributed by atoms with Gasteiger partial charge in [-0.3, -0.25) is 19.2 Å². The number of carbonyl (C=O) groups is 4. The quantitative estimate of drug-likeness (QED) is 0.359. The summed E-state index contributed by atoms with van der Waals surface area (Å²) in [5.41, 5.74) is 2.79. The maximum atomic E-state index is 12.9. The van der Waals surface area contributed by atoms with Gasteiger partial charge in [-0.1, -0.05) is 48.5 Å². The van der Waals surface area contributed by atoms with E-state index < -0.39 is 11.9 Å². The molecule has 1 heterocycles. The summed E-state index contributed by atoms with van der Waals surface area (Å²) in [5.74, 6) is -1.17. The zero-order valence-corrected chi connectivity index (χ0v) is 20.8. The highest BCUT2D eigenvalue weighted by Crippen LogP contribution is 2.29. The van der Waals surface area contributed by atoms with Crippen molar-refractivity contribution in [3.05, 3.63) is 95.6 Å². The molecule has 3 aromatic carbocycles. The topological polar surface area (TPSA) is 105 Å². The van der Waals surface area contributed by atoms with Crippen LogP contribution in [-0.4, -0.2) is 35.1 Å². The Morgan fingerprint density at radius 2 is 1.76 bits per heavy atom. The lowest BCUT2D eigenvalue weighted by Crippen LogP contribution is -2.30. The summed E-state index contributed by atoms with van der Waals surface area (Å²) >= 11 is 0. The summed E-state index contributed by atoms with van der Waals surface area (Å²) in [5, 5.41) is 5.74. The fourth-order valence-electron chi connectivity index (χ4n) is 4.35. The number of ether oxygens (including phenoxy) is 1. The van der Waals surface area contributed by atoms with Crippen LogP contribution in [0.3, 0.4) is 0 Å². The largest absolute Gasteiger partial charge is 0.427 e. The van der Waals surface area contributed by atoms with Gasteiger partial charge in [-0.2, -0.15) is 0 Å². The molecular formula is C29H29N3O5. The molecule has 0 saturated carbocycles. The molecule has 8 heteroatoms. The first kappa shape index (κ1) is 25.6. The number of amides is 3. The fourth-order valence-corrected chi connectivity index (χ4v) is 4.35. The van der Waals surface area contributed by atoms with Crippen molar-refractivity contribution >= 4 is 29.4 Å². The monoisotopic (exact) mass is 499 g/mol. The van der Waals surface area contributed by atoms with E-state index in [0.29, 0.717) is 23.5 Å². The molecule has 2 unspecified atom stereocenters. The number of esters is 1. The van der Waals surface area contributed by atoms with E-state index in [1.807, 2.05) is 43.3 Å². The number of benzene rings is 3. The molecule has 2 atom stereocenters. The summed E-state index contributed by atoms with van der Waals surface area (Å²) in [6.07, 6.45) is 0.172. The van der Waals surface area contributed by atoms with Crippen LogP contribution in [0.4, 0.5) is 5.69 Å². The van der Waals surface area contributed by atoms with E-state index in [0.717, 1.165) is 11.1 Å². The first-order chi connectivity index (χ1) is 17.8. The van der Waals surface area contributed by atoms with Gasteiger partial charge < -0.3 is 20.3 Å². The van der Waals surface area contributed by atoms with E-state index in [-0.39, 0.29) is 36.7 Å². The van der Waals surface area contributed by atoms with Crippen molar-refractivity contribution in [1.82, 2.24) is 10.2 Å². The van der Waals surface area contributed by atoms with Crippen LogP contribution in [0.5, 0.6) is 5.75 Å². The van der Waals surface area contributed by atoms with Crippen LogP contribution < -0.4 is 15.4 Å². The lowest BCUT2D eigenvalue weighted by atomic mass is 10.1. The van der Waals surface area contributed by atoms with Gasteiger partial charge in [0.2, 0.25) is 11.8 Å². The third kappa shape index (κ3) is 6.61. The number of rotatable bonds is 8. The Morgan fingerprint density at radius 3 is 2.51 bits per heavy atom. The maximum absolute atomic E-state index is 12.9. The molecule has 8 nitrogen and oxygen atoms in total. The van der Waals surface area contributed by atoms with Crippen molar-refractivity contribution in [3.63, 3.8) is 0 Å². The van der Waals surface area contributed by atoms with Crippen LogP contribution in [0.15, 0.2) is 78.9 Å². The summed E-state index contributed by atoms with van der Waals surface area (Å²) < 4.78 is 5.03. The van der Waals surface area contributed by atoms with Crippen molar-refractivity contribution in [2.45, 2.75) is 32.9 Å². The summed E-state index contributed by atoms with van der Waals surface area (Å²) in [6, 6.07) is 23.2. The molecule has 1 aliphatic rings. The van der Waals surface area contributed by atoms with Crippen LogP contribution >= 0.6 is 0 Å². The molecule has 3 amide bonds. The average Bonchev–Trinajstić information content (AvgIpc) is 3.29. The highest BCUT2D eigenvalue weighted by molar-refractivity contribution is 5.97. The van der Waals surface area contributed by atoms with Crippen LogP contribution in [-0.2, 0) is 20.9 Å². The lowest BCUT2D eigenvalue weighted by Gasteiger charge is -2.25. The van der Waals surface area contributed by atoms with Gasteiger partial charge in [-0.15, -0.1) is 0 Å². The van der Waals surface area contributed by atoms with E-state index in [2.05, 4.69) is 10.6 Å². The van der Waals surface area contributed by atoms with Crippen molar-refractivity contribution in [2.24, 2.45) is 5.92 Å². The molecule has 3 aromatic rings. The molecule has 190 valence electrons. The fraction of sp³-hybridized carbons (Fsp3) is 0.241. The van der Waals surface area contributed by atoms with Crippen molar-refractivity contribution in [3.8, 4) is 5.75 Å². The lowest BCUT2D eigenvalue weighted by molar-refractivity contribution is -0.132. The van der Waals surface area contributed by atoms with Gasteiger partial charge in [0.1, 0.15) is 5.75 Å². The summed E-state index contributed by atoms with van der Waals surface area (Å²) in [6.45, 7) is 3.87. The molecule has 1 saturated heterocycles. The summed E-state index contributed by atoms with van der Waals surface area (Å²) in [7, 11) is 0. The number of nitrogens with zero attached hydrogens (tertiary/aromatic N) is 1. The molecular weight excluding hydrogens is 470 g/mol. The van der Waals surface area contributed by atoms with E-state index in [1.54, 1.807) is 41.3 Å². The van der Waals surface area contributed by atoms with Gasteiger partial charge in [0.15, 0.2) is 0 Å². The Hall–Kier alpha value is -4.46. The van der Waals surface area contributed by atoms with E-state index in [4.69, 9.17) is 4.74 Å². The number of carbonyl (C=O) groups excluding carboxylic acids is 4. The van der Waals surface area contributed by atoms with Gasteiger partial charge >= 0.3 is 5.97 Å². The van der Waals surface area contributed by atoms with Gasteiger partial charge in [-0.05, 0) is 48.4 Å². The minimum Gasteiger partial charge on any atom is -0.427 e. The van der Waals surface area contributed by atoms with Gasteiger partial charge in [0.25, 0.3) is 5.91 Å². The molecule has 2 N–H and O–H groups in total. The van der Waals surface area contributed by atoms with E-state index in [1.165, 1.54) is 13.0 Å². The molecule has 0 aliphatic carbocycles. The van der Waals surface area contributed by atoms with Crippen LogP contribution in [0.2, 0.25) is 0 Å². The molecule has 1 aliphatic heterocycles. The minimum atomic E-state index is -0.461. The van der Waals surface area contributed by atoms with Crippen LogP contribution in [0, 0.1) is 5.92 Å². The molecule has 0 bridgehead atoms. The van der Waals surface area contributed by atoms with Gasteiger partial charge in [0.05, 0.1) is 12.0 Å². The van der Waals surface area contributed by atoms with Gasteiger partial charge in [0, 0.05) is 37.7 Å². The van der Waals surface area contributed by atoms with Crippen molar-refractivity contribution < 1.29 is 23.9 Å². The first-order valence-corrected chi connectivity index (χ1v) is 12.1. The maximum Gasteiger partial charge on any atom is 0.308 e. The van der Waals surface area contributed by atoms with Crippen molar-refractivity contribution in [2.75, 3.05) is 11.9 Å². The number of hydrogen-bond acceptors (Lipinski definition) is 5. The standard InChI is InChI=1S/C29H29N3O5/c1-19(22-9-4-3-5-10-22)32-18-24(16-27(32)34)29(36)31-25-12-6-8-21(14-25)17-30-28(35)23-11-7-13-26(15-23)37-20(2)33/h3-15,19,24H,16-18H2,1-2H3,(H,30,35)(H,31,36). The second-order valence-corrected chi connectivity index (χ2v) is 9.03. The number of likely N-dealkylation sites (tertiary alicyclic amines) is 1. The molecule has 1 fully saturated rings. The van der Waals surface area contributed by atoms with Crippen LogP contribution in [0.25, 0.3) is 0 Å². The molecule has 0 aromatic heterocycles. The van der Waals surface area contributed by atoms with E-state index >= 15 is 0 Å². The third-order valence-corrected chi connectivity index (χ3v) is 6.28. The number of anilines is 1. The van der Waals surface area contributed by atoms with Crippen molar-refractivity contribution in [1.29, 1.82) is 0 Å². The predicted molar refractivity (Wildman–Crippen MR) is 139 cm³/mol. The molecule has 0 radical (unpaired) electrons. The van der Waals surface area contributed by atoms with Crippen LogP contribution in [0.1, 0.15) is 47.8 Å². The average molecular weight is 500 g/mol. The Balaban J connectivity index is 1.33. The first-order valence-electron chi connectivity index (χ1n) is 12.1. The third-order valence-electron chi connectivity index (χ3n) is 6.28. The minimum absolute atomic E-state index is 0.0364. The van der Waals surface area contributed by atoms with Gasteiger partial charge in [-0.25, -0.2) is 0 Å². The smallest absolute Gasteiger partial charge is 0.308 e. The number of hydrogen-bond donors (Lipinski definition) is 2. The Labute approximate surface area is 215 Å².